The highest BCUT2D eigenvalue weighted by Crippen LogP contribution is 2.21. The Morgan fingerprint density at radius 1 is 1.44 bits per heavy atom. The SMILES string of the molecule is COC(=O)c1cccc2ccnc(C#N)c12. The molecule has 78 valence electrons. The minimum absolute atomic E-state index is 0.235. The van der Waals surface area contributed by atoms with Crippen molar-refractivity contribution in [3.05, 3.63) is 41.7 Å². The zero-order chi connectivity index (χ0) is 11.5. The highest BCUT2D eigenvalue weighted by molar-refractivity contribution is 6.06. The standard InChI is InChI=1S/C12H8N2O2/c1-16-12(15)9-4-2-3-8-5-6-14-10(7-13)11(8)9/h2-6H,1H3. The van der Waals surface area contributed by atoms with Crippen molar-refractivity contribution in [1.29, 1.82) is 5.26 Å². The van der Waals surface area contributed by atoms with Crippen molar-refractivity contribution in [2.75, 3.05) is 7.11 Å². The predicted molar refractivity (Wildman–Crippen MR) is 57.8 cm³/mol. The number of methoxy groups -OCH3 is 1. The minimum atomic E-state index is -0.463. The van der Waals surface area contributed by atoms with Gasteiger partial charge in [-0.2, -0.15) is 5.26 Å². The van der Waals surface area contributed by atoms with Crippen LogP contribution in [0, 0.1) is 11.3 Å². The fourth-order valence-corrected chi connectivity index (χ4v) is 1.59. The first kappa shape index (κ1) is 10.1. The van der Waals surface area contributed by atoms with Gasteiger partial charge in [0.25, 0.3) is 0 Å². The average molecular weight is 212 g/mol. The number of esters is 1. The number of hydrogen-bond donors (Lipinski definition) is 0. The number of benzene rings is 1. The smallest absolute Gasteiger partial charge is 0.338 e. The van der Waals surface area contributed by atoms with E-state index in [0.29, 0.717) is 10.9 Å². The number of aromatic nitrogens is 1. The zero-order valence-corrected chi connectivity index (χ0v) is 8.60. The fraction of sp³-hybridized carbons (Fsp3) is 0.0833. The maximum absolute atomic E-state index is 11.5. The molecular weight excluding hydrogens is 204 g/mol. The van der Waals surface area contributed by atoms with E-state index < -0.39 is 5.97 Å². The van der Waals surface area contributed by atoms with Crippen LogP contribution in [0.25, 0.3) is 10.8 Å². The Labute approximate surface area is 92.1 Å². The Bertz CT molecular complexity index is 594. The maximum Gasteiger partial charge on any atom is 0.338 e. The van der Waals surface area contributed by atoms with Gasteiger partial charge in [-0.25, -0.2) is 9.78 Å². The topological polar surface area (TPSA) is 63.0 Å². The van der Waals surface area contributed by atoms with Crippen LogP contribution in [0.3, 0.4) is 0 Å². The van der Waals surface area contributed by atoms with Crippen LogP contribution >= 0.6 is 0 Å². The Balaban J connectivity index is 2.85. The zero-order valence-electron chi connectivity index (χ0n) is 8.60. The molecule has 0 bridgehead atoms. The molecule has 2 rings (SSSR count). The summed E-state index contributed by atoms with van der Waals surface area (Å²) < 4.78 is 4.67. The van der Waals surface area contributed by atoms with Crippen LogP contribution in [0.5, 0.6) is 0 Å². The second kappa shape index (κ2) is 3.99. The molecular formula is C12H8N2O2. The summed E-state index contributed by atoms with van der Waals surface area (Å²) in [5.41, 5.74) is 0.600. The Kier molecular flexibility index (Phi) is 2.52. The van der Waals surface area contributed by atoms with Gasteiger partial charge in [0.05, 0.1) is 12.7 Å². The second-order valence-electron chi connectivity index (χ2n) is 3.17. The number of fused-ring (bicyclic) bond motifs is 1. The second-order valence-corrected chi connectivity index (χ2v) is 3.17. The van der Waals surface area contributed by atoms with Gasteiger partial charge in [-0.15, -0.1) is 0 Å². The number of rotatable bonds is 1. The lowest BCUT2D eigenvalue weighted by atomic mass is 10.0. The number of pyridine rings is 1. The van der Waals surface area contributed by atoms with Gasteiger partial charge < -0.3 is 4.74 Å². The van der Waals surface area contributed by atoms with Gasteiger partial charge in [0.2, 0.25) is 0 Å². The number of nitriles is 1. The summed E-state index contributed by atoms with van der Waals surface area (Å²) in [5, 5.41) is 10.3. The van der Waals surface area contributed by atoms with Gasteiger partial charge in [-0.05, 0) is 17.5 Å². The van der Waals surface area contributed by atoms with Crippen molar-refractivity contribution in [3.8, 4) is 6.07 Å². The van der Waals surface area contributed by atoms with Crippen LogP contribution in [0.2, 0.25) is 0 Å². The number of carbonyl (C=O) groups excluding carboxylic acids is 1. The molecule has 0 N–H and O–H groups in total. The molecule has 0 aliphatic heterocycles. The van der Waals surface area contributed by atoms with E-state index in [0.717, 1.165) is 5.39 Å². The lowest BCUT2D eigenvalue weighted by Gasteiger charge is -2.05. The molecule has 0 saturated heterocycles. The van der Waals surface area contributed by atoms with Crippen LogP contribution in [0.15, 0.2) is 30.5 Å². The van der Waals surface area contributed by atoms with Gasteiger partial charge in [0.15, 0.2) is 0 Å². The van der Waals surface area contributed by atoms with Crippen molar-refractivity contribution in [3.63, 3.8) is 0 Å². The lowest BCUT2D eigenvalue weighted by Crippen LogP contribution is -2.03. The average Bonchev–Trinajstić information content (AvgIpc) is 2.36. The van der Waals surface area contributed by atoms with E-state index in [1.807, 2.05) is 12.1 Å². The normalized spacial score (nSPS) is 9.75. The Morgan fingerprint density at radius 3 is 2.94 bits per heavy atom. The molecule has 0 aliphatic carbocycles. The van der Waals surface area contributed by atoms with E-state index in [2.05, 4.69) is 9.72 Å². The van der Waals surface area contributed by atoms with E-state index in [1.54, 1.807) is 24.4 Å². The van der Waals surface area contributed by atoms with Crippen molar-refractivity contribution in [2.45, 2.75) is 0 Å². The minimum Gasteiger partial charge on any atom is -0.465 e. The summed E-state index contributed by atoms with van der Waals surface area (Å²) in [7, 11) is 1.31. The number of carbonyl (C=O) groups is 1. The van der Waals surface area contributed by atoms with E-state index in [9.17, 15) is 4.79 Å². The molecule has 1 heterocycles. The van der Waals surface area contributed by atoms with E-state index in [1.165, 1.54) is 7.11 Å². The summed E-state index contributed by atoms with van der Waals surface area (Å²) >= 11 is 0. The van der Waals surface area contributed by atoms with E-state index in [-0.39, 0.29) is 5.69 Å². The third kappa shape index (κ3) is 1.48. The van der Waals surface area contributed by atoms with E-state index in [4.69, 9.17) is 5.26 Å². The molecule has 0 fully saturated rings. The molecule has 0 aliphatic rings. The molecule has 4 heteroatoms. The van der Waals surface area contributed by atoms with Gasteiger partial charge in [0, 0.05) is 11.6 Å². The monoisotopic (exact) mass is 212 g/mol. The van der Waals surface area contributed by atoms with Crippen molar-refractivity contribution >= 4 is 16.7 Å². The Hall–Kier alpha value is -2.41. The highest BCUT2D eigenvalue weighted by atomic mass is 16.5. The van der Waals surface area contributed by atoms with Gasteiger partial charge in [-0.3, -0.25) is 0 Å². The van der Waals surface area contributed by atoms with Crippen LogP contribution in [0.1, 0.15) is 16.1 Å². The van der Waals surface area contributed by atoms with Crippen molar-refractivity contribution < 1.29 is 9.53 Å². The van der Waals surface area contributed by atoms with Gasteiger partial charge >= 0.3 is 5.97 Å². The number of nitrogens with zero attached hydrogens (tertiary/aromatic N) is 2. The van der Waals surface area contributed by atoms with Crippen LogP contribution in [-0.4, -0.2) is 18.1 Å². The van der Waals surface area contributed by atoms with Crippen molar-refractivity contribution in [1.82, 2.24) is 4.98 Å². The Morgan fingerprint density at radius 2 is 2.25 bits per heavy atom. The maximum atomic E-state index is 11.5. The summed E-state index contributed by atoms with van der Waals surface area (Å²) in [6, 6.07) is 8.91. The summed E-state index contributed by atoms with van der Waals surface area (Å²) in [6.45, 7) is 0. The fourth-order valence-electron chi connectivity index (χ4n) is 1.59. The molecule has 0 atom stereocenters. The molecule has 0 saturated carbocycles. The molecule has 1 aromatic carbocycles. The first-order valence-corrected chi connectivity index (χ1v) is 4.64. The number of hydrogen-bond acceptors (Lipinski definition) is 4. The molecule has 0 unspecified atom stereocenters. The quantitative estimate of drug-likeness (QED) is 0.677. The predicted octanol–water partition coefficient (Wildman–Crippen LogP) is 1.89. The summed E-state index contributed by atoms with van der Waals surface area (Å²) in [4.78, 5) is 15.5. The third-order valence-electron chi connectivity index (χ3n) is 2.30. The van der Waals surface area contributed by atoms with Crippen LogP contribution in [-0.2, 0) is 4.74 Å². The first-order valence-electron chi connectivity index (χ1n) is 4.64. The lowest BCUT2D eigenvalue weighted by molar-refractivity contribution is 0.0603. The number of ether oxygens (including phenoxy) is 1. The summed E-state index contributed by atoms with van der Waals surface area (Å²) in [5.74, 6) is -0.463. The third-order valence-corrected chi connectivity index (χ3v) is 2.30. The van der Waals surface area contributed by atoms with Crippen molar-refractivity contribution in [2.24, 2.45) is 0 Å². The molecule has 1 aromatic heterocycles. The molecule has 0 amide bonds. The molecule has 0 radical (unpaired) electrons. The highest BCUT2D eigenvalue weighted by Gasteiger charge is 2.13. The largest absolute Gasteiger partial charge is 0.465 e. The van der Waals surface area contributed by atoms with Gasteiger partial charge in [-0.1, -0.05) is 12.1 Å². The molecule has 0 spiro atoms. The first-order chi connectivity index (χ1) is 7.77. The van der Waals surface area contributed by atoms with Crippen LogP contribution < -0.4 is 0 Å². The molecule has 2 aromatic rings. The van der Waals surface area contributed by atoms with Gasteiger partial charge in [0.1, 0.15) is 11.8 Å². The molecule has 4 nitrogen and oxygen atoms in total. The van der Waals surface area contributed by atoms with E-state index >= 15 is 0 Å². The summed E-state index contributed by atoms with van der Waals surface area (Å²) in [6.07, 6.45) is 1.54. The molecule has 16 heavy (non-hydrogen) atoms. The van der Waals surface area contributed by atoms with Crippen LogP contribution in [0.4, 0.5) is 0 Å².